The Morgan fingerprint density at radius 1 is 1.16 bits per heavy atom. The van der Waals surface area contributed by atoms with Gasteiger partial charge < -0.3 is 0 Å². The first kappa shape index (κ1) is 16.0. The average molecular weight is 333 g/mol. The van der Waals surface area contributed by atoms with Crippen molar-refractivity contribution in [3.8, 4) is 5.82 Å². The summed E-state index contributed by atoms with van der Waals surface area (Å²) in [6.07, 6.45) is 10.7. The van der Waals surface area contributed by atoms with Crippen molar-refractivity contribution in [2.75, 3.05) is 6.54 Å². The molecule has 0 saturated carbocycles. The number of benzene rings is 1. The van der Waals surface area contributed by atoms with E-state index in [2.05, 4.69) is 52.1 Å². The zero-order valence-electron chi connectivity index (χ0n) is 14.5. The molecule has 128 valence electrons. The van der Waals surface area contributed by atoms with E-state index < -0.39 is 0 Å². The quantitative estimate of drug-likeness (QED) is 0.716. The summed E-state index contributed by atoms with van der Waals surface area (Å²) in [6.45, 7) is 4.17. The van der Waals surface area contributed by atoms with Crippen LogP contribution in [0, 0.1) is 0 Å². The summed E-state index contributed by atoms with van der Waals surface area (Å²) in [4.78, 5) is 16.3. The highest BCUT2D eigenvalue weighted by molar-refractivity contribution is 5.24. The van der Waals surface area contributed by atoms with Gasteiger partial charge in [-0.25, -0.2) is 9.97 Å². The number of nitrogens with zero attached hydrogens (tertiary/aromatic N) is 5. The molecule has 3 heterocycles. The second-order valence-electron chi connectivity index (χ2n) is 6.48. The summed E-state index contributed by atoms with van der Waals surface area (Å²) >= 11 is 0. The molecule has 0 bridgehead atoms. The highest BCUT2D eigenvalue weighted by atomic mass is 15.2. The average Bonchev–Trinajstić information content (AvgIpc) is 3.32. The lowest BCUT2D eigenvalue weighted by atomic mass is 10.1. The lowest BCUT2D eigenvalue weighted by Crippen LogP contribution is -2.24. The van der Waals surface area contributed by atoms with Crippen molar-refractivity contribution >= 4 is 0 Å². The third-order valence-electron chi connectivity index (χ3n) is 4.85. The molecule has 0 N–H and O–H groups in total. The van der Waals surface area contributed by atoms with Gasteiger partial charge >= 0.3 is 0 Å². The Hall–Kier alpha value is -2.53. The minimum absolute atomic E-state index is 0.334. The van der Waals surface area contributed by atoms with E-state index in [4.69, 9.17) is 4.98 Å². The Bertz CT molecular complexity index is 827. The first-order chi connectivity index (χ1) is 12.3. The number of aromatic nitrogens is 4. The minimum Gasteiger partial charge on any atom is -0.290 e. The molecule has 0 radical (unpaired) electrons. The van der Waals surface area contributed by atoms with Gasteiger partial charge in [-0.2, -0.15) is 0 Å². The van der Waals surface area contributed by atoms with Crippen molar-refractivity contribution in [3.63, 3.8) is 0 Å². The lowest BCUT2D eigenvalue weighted by molar-refractivity contribution is 0.244. The van der Waals surface area contributed by atoms with Crippen LogP contribution in [0.25, 0.3) is 5.82 Å². The molecule has 1 aliphatic rings. The van der Waals surface area contributed by atoms with Crippen molar-refractivity contribution in [1.29, 1.82) is 0 Å². The van der Waals surface area contributed by atoms with Crippen molar-refractivity contribution in [1.82, 2.24) is 24.4 Å². The van der Waals surface area contributed by atoms with E-state index in [9.17, 15) is 0 Å². The Labute approximate surface area is 148 Å². The van der Waals surface area contributed by atoms with Crippen LogP contribution < -0.4 is 0 Å². The molecule has 0 amide bonds. The van der Waals surface area contributed by atoms with E-state index >= 15 is 0 Å². The molecule has 1 aliphatic heterocycles. The summed E-state index contributed by atoms with van der Waals surface area (Å²) < 4.78 is 2.03. The fraction of sp³-hybridized carbons (Fsp3) is 0.350. The van der Waals surface area contributed by atoms with Crippen LogP contribution in [0.4, 0.5) is 0 Å². The fourth-order valence-electron chi connectivity index (χ4n) is 3.62. The zero-order valence-corrected chi connectivity index (χ0v) is 14.5. The van der Waals surface area contributed by atoms with Crippen LogP contribution in [0.5, 0.6) is 0 Å². The van der Waals surface area contributed by atoms with Gasteiger partial charge in [0, 0.05) is 25.4 Å². The molecular formula is C20H23N5. The SMILES string of the molecule is CCc1nccn1-c1cncc([C@H]2CCCN2Cc2ccccc2)n1. The summed E-state index contributed by atoms with van der Waals surface area (Å²) in [5, 5.41) is 0. The van der Waals surface area contributed by atoms with E-state index in [0.717, 1.165) is 43.3 Å². The summed E-state index contributed by atoms with van der Waals surface area (Å²) in [7, 11) is 0. The maximum atomic E-state index is 4.92. The fourth-order valence-corrected chi connectivity index (χ4v) is 3.62. The van der Waals surface area contributed by atoms with Gasteiger partial charge in [-0.15, -0.1) is 0 Å². The zero-order chi connectivity index (χ0) is 17.1. The van der Waals surface area contributed by atoms with E-state index in [1.165, 1.54) is 12.0 Å². The topological polar surface area (TPSA) is 46.8 Å². The second-order valence-corrected chi connectivity index (χ2v) is 6.48. The van der Waals surface area contributed by atoms with Gasteiger partial charge in [0.1, 0.15) is 5.82 Å². The number of aryl methyl sites for hydroxylation is 1. The highest BCUT2D eigenvalue weighted by Gasteiger charge is 2.27. The summed E-state index contributed by atoms with van der Waals surface area (Å²) in [6, 6.07) is 11.0. The van der Waals surface area contributed by atoms with Crippen LogP contribution >= 0.6 is 0 Å². The molecule has 4 rings (SSSR count). The van der Waals surface area contributed by atoms with Gasteiger partial charge in [-0.1, -0.05) is 37.3 Å². The maximum absolute atomic E-state index is 4.92. The molecule has 0 unspecified atom stereocenters. The number of likely N-dealkylation sites (tertiary alicyclic amines) is 1. The van der Waals surface area contributed by atoms with Crippen LogP contribution in [0.3, 0.4) is 0 Å². The van der Waals surface area contributed by atoms with Gasteiger partial charge in [0.2, 0.25) is 0 Å². The smallest absolute Gasteiger partial charge is 0.156 e. The monoisotopic (exact) mass is 333 g/mol. The standard InChI is InChI=1S/C20H23N5/c1-2-19-22-10-12-25(19)20-14-21-13-17(23-20)18-9-6-11-24(18)15-16-7-4-3-5-8-16/h3-5,7-8,10,12-14,18H,2,6,9,11,15H2,1H3/t18-/m1/s1. The van der Waals surface area contributed by atoms with Crippen molar-refractivity contribution in [3.05, 3.63) is 72.2 Å². The van der Waals surface area contributed by atoms with Crippen LogP contribution in [0.2, 0.25) is 0 Å². The molecule has 1 aromatic carbocycles. The Balaban J connectivity index is 1.59. The van der Waals surface area contributed by atoms with Gasteiger partial charge in [0.15, 0.2) is 5.82 Å². The van der Waals surface area contributed by atoms with Crippen molar-refractivity contribution in [2.45, 2.75) is 38.8 Å². The molecule has 5 nitrogen and oxygen atoms in total. The first-order valence-corrected chi connectivity index (χ1v) is 8.97. The van der Waals surface area contributed by atoms with Crippen molar-refractivity contribution in [2.24, 2.45) is 0 Å². The van der Waals surface area contributed by atoms with Gasteiger partial charge in [0.05, 0.1) is 24.1 Å². The van der Waals surface area contributed by atoms with Crippen LogP contribution in [0.1, 0.15) is 42.9 Å². The number of hydrogen-bond donors (Lipinski definition) is 0. The molecule has 1 atom stereocenters. The third-order valence-corrected chi connectivity index (χ3v) is 4.85. The van der Waals surface area contributed by atoms with E-state index in [1.807, 2.05) is 29.4 Å². The van der Waals surface area contributed by atoms with Gasteiger partial charge in [-0.05, 0) is 24.9 Å². The molecule has 0 aliphatic carbocycles. The third kappa shape index (κ3) is 3.33. The number of hydrogen-bond acceptors (Lipinski definition) is 4. The Morgan fingerprint density at radius 3 is 2.88 bits per heavy atom. The lowest BCUT2D eigenvalue weighted by Gasteiger charge is -2.24. The van der Waals surface area contributed by atoms with Crippen LogP contribution in [-0.4, -0.2) is 31.0 Å². The molecule has 2 aromatic heterocycles. The van der Waals surface area contributed by atoms with Crippen LogP contribution in [-0.2, 0) is 13.0 Å². The normalized spacial score (nSPS) is 17.9. The van der Waals surface area contributed by atoms with Gasteiger partial charge in [0.25, 0.3) is 0 Å². The van der Waals surface area contributed by atoms with Crippen molar-refractivity contribution < 1.29 is 0 Å². The number of imidazole rings is 1. The first-order valence-electron chi connectivity index (χ1n) is 8.97. The molecule has 0 spiro atoms. The number of rotatable bonds is 5. The summed E-state index contributed by atoms with van der Waals surface area (Å²) in [5.41, 5.74) is 2.41. The van der Waals surface area contributed by atoms with E-state index in [-0.39, 0.29) is 0 Å². The second kappa shape index (κ2) is 7.15. The van der Waals surface area contributed by atoms with E-state index in [0.29, 0.717) is 6.04 Å². The molecule has 5 heteroatoms. The highest BCUT2D eigenvalue weighted by Crippen LogP contribution is 2.32. The van der Waals surface area contributed by atoms with Gasteiger partial charge in [-0.3, -0.25) is 14.5 Å². The molecule has 3 aromatic rings. The van der Waals surface area contributed by atoms with E-state index in [1.54, 1.807) is 0 Å². The predicted octanol–water partition coefficient (Wildman–Crippen LogP) is 3.56. The molecule has 1 saturated heterocycles. The minimum atomic E-state index is 0.334. The Kier molecular flexibility index (Phi) is 4.57. The van der Waals surface area contributed by atoms with Crippen LogP contribution in [0.15, 0.2) is 55.1 Å². The summed E-state index contributed by atoms with van der Waals surface area (Å²) in [5.74, 6) is 1.87. The predicted molar refractivity (Wildman–Crippen MR) is 97.4 cm³/mol. The Morgan fingerprint density at radius 2 is 2.04 bits per heavy atom. The molecular weight excluding hydrogens is 310 g/mol. The molecule has 25 heavy (non-hydrogen) atoms. The maximum Gasteiger partial charge on any atom is 0.156 e. The molecule has 1 fully saturated rings. The largest absolute Gasteiger partial charge is 0.290 e.